The molecule has 0 saturated heterocycles. The SMILES string of the molecule is Cc1cc(C#CCCO)cc(C)c1F. The number of rotatable bonds is 1. The van der Waals surface area contributed by atoms with Crippen molar-refractivity contribution >= 4 is 0 Å². The van der Waals surface area contributed by atoms with Gasteiger partial charge in [0.05, 0.1) is 6.61 Å². The summed E-state index contributed by atoms with van der Waals surface area (Å²) in [4.78, 5) is 0. The quantitative estimate of drug-likeness (QED) is 0.676. The highest BCUT2D eigenvalue weighted by Gasteiger charge is 2.01. The molecule has 0 heterocycles. The maximum atomic E-state index is 13.2. The summed E-state index contributed by atoms with van der Waals surface area (Å²) >= 11 is 0. The van der Waals surface area contributed by atoms with E-state index in [9.17, 15) is 4.39 Å². The minimum atomic E-state index is -0.169. The Morgan fingerprint density at radius 2 is 1.86 bits per heavy atom. The molecule has 0 bridgehead atoms. The van der Waals surface area contributed by atoms with Crippen LogP contribution >= 0.6 is 0 Å². The molecule has 0 amide bonds. The Labute approximate surface area is 83.6 Å². The summed E-state index contributed by atoms with van der Waals surface area (Å²) in [6, 6.07) is 3.43. The molecule has 0 saturated carbocycles. The largest absolute Gasteiger partial charge is 0.395 e. The Morgan fingerprint density at radius 1 is 1.29 bits per heavy atom. The van der Waals surface area contributed by atoms with Crippen molar-refractivity contribution in [3.63, 3.8) is 0 Å². The lowest BCUT2D eigenvalue weighted by Gasteiger charge is -2.01. The molecule has 1 aromatic carbocycles. The van der Waals surface area contributed by atoms with Gasteiger partial charge in [0, 0.05) is 12.0 Å². The van der Waals surface area contributed by atoms with Crippen LogP contribution in [0, 0.1) is 31.5 Å². The average molecular weight is 192 g/mol. The molecule has 14 heavy (non-hydrogen) atoms. The van der Waals surface area contributed by atoms with E-state index < -0.39 is 0 Å². The predicted octanol–water partition coefficient (Wildman–Crippen LogP) is 2.18. The molecule has 2 heteroatoms. The van der Waals surface area contributed by atoms with Crippen LogP contribution in [0.25, 0.3) is 0 Å². The topological polar surface area (TPSA) is 20.2 Å². The van der Waals surface area contributed by atoms with E-state index in [4.69, 9.17) is 5.11 Å². The summed E-state index contributed by atoms with van der Waals surface area (Å²) in [5.41, 5.74) is 2.02. The van der Waals surface area contributed by atoms with Crippen LogP contribution in [-0.2, 0) is 0 Å². The summed E-state index contributed by atoms with van der Waals surface area (Å²) in [6.45, 7) is 3.51. The van der Waals surface area contributed by atoms with Gasteiger partial charge in [0.25, 0.3) is 0 Å². The molecular formula is C12H13FO. The summed E-state index contributed by atoms with van der Waals surface area (Å²) < 4.78 is 13.2. The summed E-state index contributed by atoms with van der Waals surface area (Å²) in [7, 11) is 0. The smallest absolute Gasteiger partial charge is 0.129 e. The van der Waals surface area contributed by atoms with Crippen LogP contribution in [0.5, 0.6) is 0 Å². The Bertz CT molecular complexity index is 362. The predicted molar refractivity (Wildman–Crippen MR) is 54.5 cm³/mol. The standard InChI is InChI=1S/C12H13FO/c1-9-7-11(5-3-4-6-14)8-10(2)12(9)13/h7-8,14H,4,6H2,1-2H3. The fourth-order valence-electron chi connectivity index (χ4n) is 1.24. The van der Waals surface area contributed by atoms with Gasteiger partial charge in [-0.2, -0.15) is 0 Å². The zero-order valence-corrected chi connectivity index (χ0v) is 8.39. The second-order valence-corrected chi connectivity index (χ2v) is 3.20. The normalized spacial score (nSPS) is 9.43. The van der Waals surface area contributed by atoms with Gasteiger partial charge >= 0.3 is 0 Å². The summed E-state index contributed by atoms with van der Waals surface area (Å²) in [5.74, 6) is 5.51. The number of hydrogen-bond donors (Lipinski definition) is 1. The Hall–Kier alpha value is -1.33. The molecule has 0 unspecified atom stereocenters. The number of halogens is 1. The highest BCUT2D eigenvalue weighted by atomic mass is 19.1. The van der Waals surface area contributed by atoms with Crippen molar-refractivity contribution < 1.29 is 9.50 Å². The lowest BCUT2D eigenvalue weighted by Crippen LogP contribution is -1.89. The molecule has 1 rings (SSSR count). The lowest BCUT2D eigenvalue weighted by molar-refractivity contribution is 0.305. The fraction of sp³-hybridized carbons (Fsp3) is 0.333. The molecule has 0 aliphatic carbocycles. The van der Waals surface area contributed by atoms with Crippen LogP contribution in [0.3, 0.4) is 0 Å². The maximum absolute atomic E-state index is 13.2. The third kappa shape index (κ3) is 2.58. The first-order chi connectivity index (χ1) is 6.65. The van der Waals surface area contributed by atoms with Gasteiger partial charge in [-0.3, -0.25) is 0 Å². The Balaban J connectivity index is 2.97. The van der Waals surface area contributed by atoms with E-state index in [0.29, 0.717) is 17.5 Å². The van der Waals surface area contributed by atoms with Crippen molar-refractivity contribution in [1.82, 2.24) is 0 Å². The van der Waals surface area contributed by atoms with Gasteiger partial charge in [-0.15, -0.1) is 0 Å². The molecule has 0 atom stereocenters. The number of aliphatic hydroxyl groups excluding tert-OH is 1. The monoisotopic (exact) mass is 192 g/mol. The number of benzene rings is 1. The third-order valence-corrected chi connectivity index (χ3v) is 1.91. The third-order valence-electron chi connectivity index (χ3n) is 1.91. The minimum Gasteiger partial charge on any atom is -0.395 e. The number of hydrogen-bond acceptors (Lipinski definition) is 1. The first kappa shape index (κ1) is 10.7. The Morgan fingerprint density at radius 3 is 2.36 bits per heavy atom. The first-order valence-electron chi connectivity index (χ1n) is 4.51. The molecule has 0 aliphatic rings. The van der Waals surface area contributed by atoms with Crippen LogP contribution in [0.4, 0.5) is 4.39 Å². The van der Waals surface area contributed by atoms with Gasteiger partial charge in [-0.1, -0.05) is 11.8 Å². The van der Waals surface area contributed by atoms with Gasteiger partial charge in [-0.25, -0.2) is 4.39 Å². The highest BCUT2D eigenvalue weighted by Crippen LogP contribution is 2.13. The Kier molecular flexibility index (Phi) is 3.67. The van der Waals surface area contributed by atoms with Crippen molar-refractivity contribution in [2.45, 2.75) is 20.3 Å². The van der Waals surface area contributed by atoms with E-state index in [1.54, 1.807) is 26.0 Å². The van der Waals surface area contributed by atoms with Crippen LogP contribution in [0.1, 0.15) is 23.1 Å². The molecule has 0 radical (unpaired) electrons. The van der Waals surface area contributed by atoms with Gasteiger partial charge in [0.2, 0.25) is 0 Å². The van der Waals surface area contributed by atoms with E-state index in [1.165, 1.54) is 0 Å². The molecule has 0 fully saturated rings. The van der Waals surface area contributed by atoms with Crippen molar-refractivity contribution in [2.75, 3.05) is 6.61 Å². The minimum absolute atomic E-state index is 0.0617. The second-order valence-electron chi connectivity index (χ2n) is 3.20. The molecule has 1 aromatic rings. The van der Waals surface area contributed by atoms with Crippen LogP contribution in [-0.4, -0.2) is 11.7 Å². The summed E-state index contributed by atoms with van der Waals surface area (Å²) in [5, 5.41) is 8.54. The lowest BCUT2D eigenvalue weighted by atomic mass is 10.1. The highest BCUT2D eigenvalue weighted by molar-refractivity contribution is 5.40. The van der Waals surface area contributed by atoms with Gasteiger partial charge < -0.3 is 5.11 Å². The second kappa shape index (κ2) is 4.78. The van der Waals surface area contributed by atoms with Crippen molar-refractivity contribution in [3.8, 4) is 11.8 Å². The van der Waals surface area contributed by atoms with E-state index >= 15 is 0 Å². The molecule has 74 valence electrons. The van der Waals surface area contributed by atoms with E-state index in [-0.39, 0.29) is 12.4 Å². The van der Waals surface area contributed by atoms with Crippen LogP contribution in [0.15, 0.2) is 12.1 Å². The maximum Gasteiger partial charge on any atom is 0.129 e. The molecule has 0 spiro atoms. The molecule has 1 N–H and O–H groups in total. The van der Waals surface area contributed by atoms with Crippen molar-refractivity contribution in [3.05, 3.63) is 34.6 Å². The van der Waals surface area contributed by atoms with Crippen molar-refractivity contribution in [2.24, 2.45) is 0 Å². The molecular weight excluding hydrogens is 179 g/mol. The fourth-order valence-corrected chi connectivity index (χ4v) is 1.24. The van der Waals surface area contributed by atoms with E-state index in [0.717, 1.165) is 5.56 Å². The van der Waals surface area contributed by atoms with Gasteiger partial charge in [-0.05, 0) is 37.1 Å². The summed E-state index contributed by atoms with van der Waals surface area (Å²) in [6.07, 6.45) is 0.454. The number of aliphatic hydroxyl groups is 1. The van der Waals surface area contributed by atoms with Crippen LogP contribution < -0.4 is 0 Å². The zero-order chi connectivity index (χ0) is 10.6. The zero-order valence-electron chi connectivity index (χ0n) is 8.39. The van der Waals surface area contributed by atoms with E-state index in [2.05, 4.69) is 11.8 Å². The first-order valence-corrected chi connectivity index (χ1v) is 4.51. The van der Waals surface area contributed by atoms with E-state index in [1.807, 2.05) is 0 Å². The van der Waals surface area contributed by atoms with Gasteiger partial charge in [0.1, 0.15) is 5.82 Å². The van der Waals surface area contributed by atoms with Crippen molar-refractivity contribution in [1.29, 1.82) is 0 Å². The molecule has 0 aromatic heterocycles. The molecule has 1 nitrogen and oxygen atoms in total. The molecule has 0 aliphatic heterocycles. The van der Waals surface area contributed by atoms with Gasteiger partial charge in [0.15, 0.2) is 0 Å². The average Bonchev–Trinajstić information content (AvgIpc) is 2.14. The van der Waals surface area contributed by atoms with Crippen LogP contribution in [0.2, 0.25) is 0 Å². The number of aryl methyl sites for hydroxylation is 2.